The van der Waals surface area contributed by atoms with Crippen LogP contribution in [0.25, 0.3) is 0 Å². The zero-order valence-electron chi connectivity index (χ0n) is 13.5. The highest BCUT2D eigenvalue weighted by Gasteiger charge is 2.20. The summed E-state index contributed by atoms with van der Waals surface area (Å²) in [5.41, 5.74) is 1.83. The molecule has 5 nitrogen and oxygen atoms in total. The minimum absolute atomic E-state index is 0.182. The van der Waals surface area contributed by atoms with Crippen molar-refractivity contribution in [1.82, 2.24) is 5.32 Å². The Balaban J connectivity index is 2.03. The molecule has 2 aromatic rings. The number of hydrogen-bond acceptors (Lipinski definition) is 4. The molecule has 0 heterocycles. The highest BCUT2D eigenvalue weighted by atomic mass is 32.2. The van der Waals surface area contributed by atoms with Gasteiger partial charge in [0.05, 0.1) is 22.3 Å². The van der Waals surface area contributed by atoms with Crippen molar-refractivity contribution in [2.75, 3.05) is 5.75 Å². The first kappa shape index (κ1) is 17.7. The highest BCUT2D eigenvalue weighted by molar-refractivity contribution is 7.91. The standard InChI is InChI=1S/C18H18N2O3S/c1-13-3-9-17(10-4-13)24(22,23)12-14(2)20-18(21)16-7-5-15(11-19)6-8-16/h3-10,14H,12H2,1-2H3,(H,20,21). The summed E-state index contributed by atoms with van der Waals surface area (Å²) >= 11 is 0. The minimum atomic E-state index is -3.47. The molecule has 0 spiro atoms. The van der Waals surface area contributed by atoms with E-state index in [0.29, 0.717) is 11.1 Å². The number of amides is 1. The molecule has 124 valence electrons. The van der Waals surface area contributed by atoms with E-state index in [1.807, 2.05) is 13.0 Å². The van der Waals surface area contributed by atoms with E-state index in [4.69, 9.17) is 5.26 Å². The number of nitrogens with one attached hydrogen (secondary N) is 1. The maximum absolute atomic E-state index is 12.4. The van der Waals surface area contributed by atoms with Gasteiger partial charge in [-0.3, -0.25) is 4.79 Å². The zero-order chi connectivity index (χ0) is 17.7. The first-order chi connectivity index (χ1) is 11.3. The fourth-order valence-corrected chi connectivity index (χ4v) is 3.70. The maximum Gasteiger partial charge on any atom is 0.251 e. The number of carbonyl (C=O) groups is 1. The summed E-state index contributed by atoms with van der Waals surface area (Å²) < 4.78 is 24.7. The SMILES string of the molecule is Cc1ccc(S(=O)(=O)CC(C)NC(=O)c2ccc(C#N)cc2)cc1. The van der Waals surface area contributed by atoms with Crippen LogP contribution >= 0.6 is 0 Å². The highest BCUT2D eigenvalue weighted by Crippen LogP contribution is 2.13. The van der Waals surface area contributed by atoms with Crippen molar-refractivity contribution in [3.8, 4) is 6.07 Å². The number of carbonyl (C=O) groups excluding carboxylic acids is 1. The van der Waals surface area contributed by atoms with Crippen LogP contribution in [0.3, 0.4) is 0 Å². The van der Waals surface area contributed by atoms with Gasteiger partial charge in [-0.25, -0.2) is 8.42 Å². The predicted octanol–water partition coefficient (Wildman–Crippen LogP) is 2.46. The smallest absolute Gasteiger partial charge is 0.251 e. The topological polar surface area (TPSA) is 87.0 Å². The lowest BCUT2D eigenvalue weighted by Gasteiger charge is -2.14. The summed E-state index contributed by atoms with van der Waals surface area (Å²) in [5, 5.41) is 11.4. The Labute approximate surface area is 141 Å². The summed E-state index contributed by atoms with van der Waals surface area (Å²) in [6.07, 6.45) is 0. The summed E-state index contributed by atoms with van der Waals surface area (Å²) in [7, 11) is -3.47. The Bertz CT molecular complexity index is 864. The molecule has 0 radical (unpaired) electrons. The molecule has 0 fully saturated rings. The Morgan fingerprint density at radius 3 is 2.25 bits per heavy atom. The van der Waals surface area contributed by atoms with Gasteiger partial charge in [0.2, 0.25) is 0 Å². The van der Waals surface area contributed by atoms with Crippen LogP contribution < -0.4 is 5.32 Å². The molecule has 0 saturated heterocycles. The molecule has 0 aliphatic carbocycles. The van der Waals surface area contributed by atoms with Crippen LogP contribution in [0.4, 0.5) is 0 Å². The van der Waals surface area contributed by atoms with Crippen LogP contribution in [-0.2, 0) is 9.84 Å². The maximum atomic E-state index is 12.4. The molecule has 1 N–H and O–H groups in total. The lowest BCUT2D eigenvalue weighted by Crippen LogP contribution is -2.37. The van der Waals surface area contributed by atoms with E-state index in [-0.39, 0.29) is 16.6 Å². The lowest BCUT2D eigenvalue weighted by molar-refractivity contribution is 0.0943. The lowest BCUT2D eigenvalue weighted by atomic mass is 10.1. The van der Waals surface area contributed by atoms with Crippen molar-refractivity contribution in [1.29, 1.82) is 5.26 Å². The Morgan fingerprint density at radius 2 is 1.71 bits per heavy atom. The first-order valence-corrected chi connectivity index (χ1v) is 9.07. The van der Waals surface area contributed by atoms with Gasteiger partial charge in [0.25, 0.3) is 5.91 Å². The molecule has 0 aliphatic rings. The fourth-order valence-electron chi connectivity index (χ4n) is 2.22. The number of sulfone groups is 1. The third kappa shape index (κ3) is 4.43. The number of nitrogens with zero attached hydrogens (tertiary/aromatic N) is 1. The van der Waals surface area contributed by atoms with Crippen molar-refractivity contribution < 1.29 is 13.2 Å². The molecular formula is C18H18N2O3S. The molecule has 2 rings (SSSR count). The molecule has 0 saturated carbocycles. The van der Waals surface area contributed by atoms with Crippen LogP contribution in [0.5, 0.6) is 0 Å². The largest absolute Gasteiger partial charge is 0.349 e. The number of hydrogen-bond donors (Lipinski definition) is 1. The molecule has 2 aromatic carbocycles. The van der Waals surface area contributed by atoms with Gasteiger partial charge in [-0.15, -0.1) is 0 Å². The number of aryl methyl sites for hydroxylation is 1. The van der Waals surface area contributed by atoms with Gasteiger partial charge < -0.3 is 5.32 Å². The Hall–Kier alpha value is -2.65. The van der Waals surface area contributed by atoms with E-state index in [1.165, 1.54) is 12.1 Å². The van der Waals surface area contributed by atoms with Crippen LogP contribution in [-0.4, -0.2) is 26.1 Å². The molecule has 24 heavy (non-hydrogen) atoms. The average molecular weight is 342 g/mol. The van der Waals surface area contributed by atoms with Crippen molar-refractivity contribution >= 4 is 15.7 Å². The van der Waals surface area contributed by atoms with Crippen molar-refractivity contribution in [2.24, 2.45) is 0 Å². The fraction of sp³-hybridized carbons (Fsp3) is 0.222. The monoisotopic (exact) mass is 342 g/mol. The van der Waals surface area contributed by atoms with E-state index in [0.717, 1.165) is 5.56 Å². The predicted molar refractivity (Wildman–Crippen MR) is 91.3 cm³/mol. The van der Waals surface area contributed by atoms with Gasteiger partial charge >= 0.3 is 0 Å². The van der Waals surface area contributed by atoms with Gasteiger partial charge in [0.15, 0.2) is 9.84 Å². The molecule has 1 atom stereocenters. The molecule has 1 unspecified atom stereocenters. The van der Waals surface area contributed by atoms with Crippen LogP contribution in [0.2, 0.25) is 0 Å². The first-order valence-electron chi connectivity index (χ1n) is 7.42. The summed E-state index contributed by atoms with van der Waals surface area (Å²) in [6, 6.07) is 14.2. The van der Waals surface area contributed by atoms with E-state index in [1.54, 1.807) is 43.3 Å². The molecule has 1 amide bonds. The molecule has 0 aromatic heterocycles. The second-order valence-corrected chi connectivity index (χ2v) is 7.69. The quantitative estimate of drug-likeness (QED) is 0.904. The van der Waals surface area contributed by atoms with Crippen molar-refractivity contribution in [2.45, 2.75) is 24.8 Å². The number of nitriles is 1. The number of rotatable bonds is 5. The Morgan fingerprint density at radius 1 is 1.12 bits per heavy atom. The van der Waals surface area contributed by atoms with E-state index in [2.05, 4.69) is 5.32 Å². The van der Waals surface area contributed by atoms with Gasteiger partial charge in [-0.05, 0) is 50.2 Å². The number of benzene rings is 2. The minimum Gasteiger partial charge on any atom is -0.349 e. The van der Waals surface area contributed by atoms with Gasteiger partial charge in [-0.1, -0.05) is 17.7 Å². The summed E-state index contributed by atoms with van der Waals surface area (Å²) in [4.78, 5) is 12.4. The van der Waals surface area contributed by atoms with Crippen LogP contribution in [0.1, 0.15) is 28.4 Å². The normalized spacial score (nSPS) is 12.2. The van der Waals surface area contributed by atoms with E-state index < -0.39 is 15.9 Å². The van der Waals surface area contributed by atoms with E-state index >= 15 is 0 Å². The Kier molecular flexibility index (Phi) is 5.37. The third-order valence-corrected chi connectivity index (χ3v) is 5.43. The van der Waals surface area contributed by atoms with Crippen LogP contribution in [0.15, 0.2) is 53.4 Å². The molecular weight excluding hydrogens is 324 g/mol. The zero-order valence-corrected chi connectivity index (χ0v) is 14.3. The second kappa shape index (κ2) is 7.28. The molecule has 6 heteroatoms. The average Bonchev–Trinajstić information content (AvgIpc) is 2.54. The molecule has 0 bridgehead atoms. The van der Waals surface area contributed by atoms with Gasteiger partial charge in [-0.2, -0.15) is 5.26 Å². The van der Waals surface area contributed by atoms with E-state index in [9.17, 15) is 13.2 Å². The van der Waals surface area contributed by atoms with Gasteiger partial charge in [0, 0.05) is 11.6 Å². The third-order valence-electron chi connectivity index (χ3n) is 3.50. The summed E-state index contributed by atoms with van der Waals surface area (Å²) in [5.74, 6) is -0.552. The van der Waals surface area contributed by atoms with Crippen LogP contribution in [0, 0.1) is 18.3 Å². The van der Waals surface area contributed by atoms with Crippen molar-refractivity contribution in [3.63, 3.8) is 0 Å². The van der Waals surface area contributed by atoms with Crippen molar-refractivity contribution in [3.05, 3.63) is 65.2 Å². The van der Waals surface area contributed by atoms with Gasteiger partial charge in [0.1, 0.15) is 0 Å². The summed E-state index contributed by atoms with van der Waals surface area (Å²) in [6.45, 7) is 3.53. The second-order valence-electron chi connectivity index (χ2n) is 5.66. The molecule has 0 aliphatic heterocycles.